The van der Waals surface area contributed by atoms with Gasteiger partial charge in [-0.1, -0.05) is 36.4 Å². The molecule has 2 unspecified atom stereocenters. The maximum absolute atomic E-state index is 5.77. The molecule has 1 aliphatic rings. The van der Waals surface area contributed by atoms with Crippen LogP contribution >= 0.6 is 0 Å². The SMILES string of the molecule is COc1ccc(C2OC2c2ccccc2)cc1OC. The number of epoxide rings is 1. The van der Waals surface area contributed by atoms with Crippen LogP contribution in [0.4, 0.5) is 0 Å². The molecule has 3 nitrogen and oxygen atoms in total. The zero-order valence-electron chi connectivity index (χ0n) is 11.0. The van der Waals surface area contributed by atoms with Crippen LogP contribution in [-0.2, 0) is 4.74 Å². The number of methoxy groups -OCH3 is 2. The molecule has 0 N–H and O–H groups in total. The largest absolute Gasteiger partial charge is 0.493 e. The second-order valence-corrected chi connectivity index (χ2v) is 4.50. The minimum absolute atomic E-state index is 0.113. The third kappa shape index (κ3) is 2.29. The van der Waals surface area contributed by atoms with Crippen LogP contribution in [0.5, 0.6) is 11.5 Å². The topological polar surface area (TPSA) is 31.0 Å². The fourth-order valence-electron chi connectivity index (χ4n) is 2.29. The highest BCUT2D eigenvalue weighted by Gasteiger charge is 2.41. The molecular formula is C16H16O3. The summed E-state index contributed by atoms with van der Waals surface area (Å²) in [7, 11) is 3.28. The minimum atomic E-state index is 0.113. The first-order valence-electron chi connectivity index (χ1n) is 6.26. The van der Waals surface area contributed by atoms with Crippen molar-refractivity contribution in [1.29, 1.82) is 0 Å². The van der Waals surface area contributed by atoms with Crippen LogP contribution in [0.1, 0.15) is 23.3 Å². The van der Waals surface area contributed by atoms with Gasteiger partial charge in [-0.25, -0.2) is 0 Å². The van der Waals surface area contributed by atoms with Crippen molar-refractivity contribution in [3.8, 4) is 11.5 Å². The normalized spacial score (nSPS) is 20.9. The highest BCUT2D eigenvalue weighted by Crippen LogP contribution is 2.51. The van der Waals surface area contributed by atoms with Crippen molar-refractivity contribution < 1.29 is 14.2 Å². The molecule has 0 bridgehead atoms. The molecule has 0 radical (unpaired) electrons. The number of rotatable bonds is 4. The minimum Gasteiger partial charge on any atom is -0.493 e. The molecular weight excluding hydrogens is 240 g/mol. The maximum atomic E-state index is 5.77. The van der Waals surface area contributed by atoms with Gasteiger partial charge in [0.1, 0.15) is 12.2 Å². The van der Waals surface area contributed by atoms with Gasteiger partial charge in [0.05, 0.1) is 14.2 Å². The molecule has 3 heteroatoms. The first kappa shape index (κ1) is 12.1. The van der Waals surface area contributed by atoms with Crippen LogP contribution in [0.3, 0.4) is 0 Å². The Labute approximate surface area is 112 Å². The van der Waals surface area contributed by atoms with Gasteiger partial charge in [0.25, 0.3) is 0 Å². The first-order valence-corrected chi connectivity index (χ1v) is 6.26. The van der Waals surface area contributed by atoms with E-state index in [0.29, 0.717) is 0 Å². The van der Waals surface area contributed by atoms with Gasteiger partial charge in [-0.3, -0.25) is 0 Å². The predicted molar refractivity (Wildman–Crippen MR) is 72.6 cm³/mol. The van der Waals surface area contributed by atoms with Crippen LogP contribution in [0.25, 0.3) is 0 Å². The summed E-state index contributed by atoms with van der Waals surface area (Å²) in [5.74, 6) is 1.48. The summed E-state index contributed by atoms with van der Waals surface area (Å²) in [5, 5.41) is 0. The molecule has 2 atom stereocenters. The smallest absolute Gasteiger partial charge is 0.161 e. The highest BCUT2D eigenvalue weighted by atomic mass is 16.6. The Balaban J connectivity index is 1.82. The van der Waals surface area contributed by atoms with Gasteiger partial charge in [-0.05, 0) is 23.3 Å². The molecule has 19 heavy (non-hydrogen) atoms. The summed E-state index contributed by atoms with van der Waals surface area (Å²) < 4.78 is 16.3. The van der Waals surface area contributed by atoms with Crippen molar-refractivity contribution in [2.24, 2.45) is 0 Å². The molecule has 0 aromatic heterocycles. The van der Waals surface area contributed by atoms with Gasteiger partial charge in [-0.2, -0.15) is 0 Å². The standard InChI is InChI=1S/C16H16O3/c1-17-13-9-8-12(10-14(13)18-2)16-15(19-16)11-6-4-3-5-7-11/h3-10,15-16H,1-2H3. The van der Waals surface area contributed by atoms with Crippen molar-refractivity contribution in [3.63, 3.8) is 0 Å². The number of hydrogen-bond acceptors (Lipinski definition) is 3. The van der Waals surface area contributed by atoms with E-state index in [2.05, 4.69) is 12.1 Å². The Morgan fingerprint density at radius 2 is 1.47 bits per heavy atom. The number of benzene rings is 2. The molecule has 1 fully saturated rings. The average Bonchev–Trinajstić information content (AvgIpc) is 3.28. The number of hydrogen-bond donors (Lipinski definition) is 0. The fraction of sp³-hybridized carbons (Fsp3) is 0.250. The Morgan fingerprint density at radius 3 is 2.16 bits per heavy atom. The van der Waals surface area contributed by atoms with Gasteiger partial charge in [0, 0.05) is 0 Å². The molecule has 0 amide bonds. The fourth-order valence-corrected chi connectivity index (χ4v) is 2.29. The Morgan fingerprint density at radius 1 is 0.789 bits per heavy atom. The molecule has 0 saturated carbocycles. The first-order chi connectivity index (χ1) is 9.33. The second-order valence-electron chi connectivity index (χ2n) is 4.50. The quantitative estimate of drug-likeness (QED) is 0.784. The Hall–Kier alpha value is -2.00. The molecule has 2 aromatic carbocycles. The van der Waals surface area contributed by atoms with Crippen LogP contribution in [0, 0.1) is 0 Å². The maximum Gasteiger partial charge on any atom is 0.161 e. The van der Waals surface area contributed by atoms with E-state index in [1.54, 1.807) is 14.2 Å². The zero-order chi connectivity index (χ0) is 13.2. The molecule has 1 aliphatic heterocycles. The summed E-state index contributed by atoms with van der Waals surface area (Å²) in [5.41, 5.74) is 2.33. The Bertz CT molecular complexity index is 565. The molecule has 0 spiro atoms. The third-order valence-corrected chi connectivity index (χ3v) is 3.36. The summed E-state index contributed by atoms with van der Waals surface area (Å²) >= 11 is 0. The summed E-state index contributed by atoms with van der Waals surface area (Å²) in [6.07, 6.45) is 0.265. The van der Waals surface area contributed by atoms with E-state index in [1.165, 1.54) is 5.56 Å². The van der Waals surface area contributed by atoms with Gasteiger partial charge in [-0.15, -0.1) is 0 Å². The van der Waals surface area contributed by atoms with Crippen LogP contribution < -0.4 is 9.47 Å². The molecule has 0 aliphatic carbocycles. The van der Waals surface area contributed by atoms with E-state index in [-0.39, 0.29) is 12.2 Å². The zero-order valence-corrected chi connectivity index (χ0v) is 11.0. The van der Waals surface area contributed by atoms with Crippen molar-refractivity contribution in [2.75, 3.05) is 14.2 Å². The van der Waals surface area contributed by atoms with Gasteiger partial charge >= 0.3 is 0 Å². The molecule has 1 heterocycles. The van der Waals surface area contributed by atoms with Crippen LogP contribution in [0.2, 0.25) is 0 Å². The van der Waals surface area contributed by atoms with Gasteiger partial charge in [0.2, 0.25) is 0 Å². The lowest BCUT2D eigenvalue weighted by Gasteiger charge is -2.08. The predicted octanol–water partition coefficient (Wildman–Crippen LogP) is 3.52. The van der Waals surface area contributed by atoms with Gasteiger partial charge < -0.3 is 14.2 Å². The van der Waals surface area contributed by atoms with Crippen molar-refractivity contribution in [2.45, 2.75) is 12.2 Å². The molecule has 3 rings (SSSR count). The van der Waals surface area contributed by atoms with E-state index in [0.717, 1.165) is 17.1 Å². The molecule has 2 aromatic rings. The van der Waals surface area contributed by atoms with E-state index in [9.17, 15) is 0 Å². The van der Waals surface area contributed by atoms with E-state index in [4.69, 9.17) is 14.2 Å². The van der Waals surface area contributed by atoms with Crippen LogP contribution in [0.15, 0.2) is 48.5 Å². The van der Waals surface area contributed by atoms with Crippen molar-refractivity contribution in [3.05, 3.63) is 59.7 Å². The van der Waals surface area contributed by atoms with Crippen LogP contribution in [-0.4, -0.2) is 14.2 Å². The average molecular weight is 256 g/mol. The Kier molecular flexibility index (Phi) is 3.13. The monoisotopic (exact) mass is 256 g/mol. The molecule has 98 valence electrons. The lowest BCUT2D eigenvalue weighted by atomic mass is 10.0. The molecule has 1 saturated heterocycles. The second kappa shape index (κ2) is 4.94. The summed E-state index contributed by atoms with van der Waals surface area (Å²) in [6.45, 7) is 0. The van der Waals surface area contributed by atoms with Crippen molar-refractivity contribution in [1.82, 2.24) is 0 Å². The van der Waals surface area contributed by atoms with Crippen molar-refractivity contribution >= 4 is 0 Å². The number of ether oxygens (including phenoxy) is 3. The third-order valence-electron chi connectivity index (χ3n) is 3.36. The van der Waals surface area contributed by atoms with E-state index in [1.807, 2.05) is 36.4 Å². The lowest BCUT2D eigenvalue weighted by Crippen LogP contribution is -1.92. The lowest BCUT2D eigenvalue weighted by molar-refractivity contribution is 0.352. The van der Waals surface area contributed by atoms with E-state index < -0.39 is 0 Å². The highest BCUT2D eigenvalue weighted by molar-refractivity contribution is 5.45. The summed E-state index contributed by atoms with van der Waals surface area (Å²) in [6, 6.07) is 16.2. The van der Waals surface area contributed by atoms with Gasteiger partial charge in [0.15, 0.2) is 11.5 Å². The summed E-state index contributed by atoms with van der Waals surface area (Å²) in [4.78, 5) is 0. The van der Waals surface area contributed by atoms with E-state index >= 15 is 0 Å².